The van der Waals surface area contributed by atoms with E-state index in [9.17, 15) is 14.4 Å². The Morgan fingerprint density at radius 2 is 2.29 bits per heavy atom. The highest BCUT2D eigenvalue weighted by molar-refractivity contribution is 7.15. The molecule has 0 unspecified atom stereocenters. The van der Waals surface area contributed by atoms with E-state index >= 15 is 0 Å². The first-order chi connectivity index (χ1) is 10.1. The molecule has 0 atom stereocenters. The van der Waals surface area contributed by atoms with Gasteiger partial charge in [0.05, 0.1) is 5.69 Å². The Morgan fingerprint density at radius 1 is 1.43 bits per heavy atom. The number of aromatic nitrogens is 3. The zero-order chi connectivity index (χ0) is 14.8. The standard InChI is InChI=1S/C13H9N3O4S/c17-10-6-8(15-13-16(10)4-5-21-13)7-20-12(19)9-2-1-3-14-11(9)18/h1-6H,7H2,(H,14,18). The summed E-state index contributed by atoms with van der Waals surface area (Å²) in [6, 6.07) is 4.19. The molecule has 3 heterocycles. The van der Waals surface area contributed by atoms with E-state index in [-0.39, 0.29) is 17.7 Å². The van der Waals surface area contributed by atoms with Gasteiger partial charge in [-0.3, -0.25) is 14.0 Å². The quantitative estimate of drug-likeness (QED) is 0.722. The molecule has 7 nitrogen and oxygen atoms in total. The Kier molecular flexibility index (Phi) is 3.36. The second-order valence-electron chi connectivity index (χ2n) is 4.13. The molecule has 0 saturated carbocycles. The van der Waals surface area contributed by atoms with E-state index in [2.05, 4.69) is 9.97 Å². The van der Waals surface area contributed by atoms with Gasteiger partial charge in [0.15, 0.2) is 4.96 Å². The summed E-state index contributed by atoms with van der Waals surface area (Å²) in [5, 5.41) is 1.74. The number of aromatic amines is 1. The first-order valence-electron chi connectivity index (χ1n) is 5.96. The molecule has 21 heavy (non-hydrogen) atoms. The second-order valence-corrected chi connectivity index (χ2v) is 5.00. The Hall–Kier alpha value is -2.74. The summed E-state index contributed by atoms with van der Waals surface area (Å²) in [6.07, 6.45) is 3.04. The van der Waals surface area contributed by atoms with E-state index in [1.807, 2.05) is 0 Å². The van der Waals surface area contributed by atoms with Crippen molar-refractivity contribution < 1.29 is 9.53 Å². The van der Waals surface area contributed by atoms with Gasteiger partial charge >= 0.3 is 5.97 Å². The predicted molar refractivity (Wildman–Crippen MR) is 75.5 cm³/mol. The van der Waals surface area contributed by atoms with Crippen LogP contribution in [0.15, 0.2) is 45.6 Å². The fraction of sp³-hybridized carbons (Fsp3) is 0.0769. The molecule has 0 spiro atoms. The molecule has 0 amide bonds. The maximum Gasteiger partial charge on any atom is 0.344 e. The number of fused-ring (bicyclic) bond motifs is 1. The average Bonchev–Trinajstić information content (AvgIpc) is 2.94. The third-order valence-electron chi connectivity index (χ3n) is 2.75. The van der Waals surface area contributed by atoms with Gasteiger partial charge in [0.1, 0.15) is 12.2 Å². The fourth-order valence-corrected chi connectivity index (χ4v) is 2.50. The molecule has 3 aromatic heterocycles. The number of H-pyrrole nitrogens is 1. The van der Waals surface area contributed by atoms with E-state index in [1.54, 1.807) is 11.6 Å². The first-order valence-corrected chi connectivity index (χ1v) is 6.84. The number of nitrogens with zero attached hydrogens (tertiary/aromatic N) is 2. The third kappa shape index (κ3) is 2.61. The molecule has 3 rings (SSSR count). The Labute approximate surface area is 121 Å². The van der Waals surface area contributed by atoms with Crippen LogP contribution in [0.4, 0.5) is 0 Å². The van der Waals surface area contributed by atoms with Crippen LogP contribution in [-0.4, -0.2) is 20.3 Å². The third-order valence-corrected chi connectivity index (χ3v) is 3.50. The van der Waals surface area contributed by atoms with Crippen LogP contribution in [0.5, 0.6) is 0 Å². The molecular weight excluding hydrogens is 294 g/mol. The van der Waals surface area contributed by atoms with Gasteiger partial charge in [-0.15, -0.1) is 11.3 Å². The average molecular weight is 303 g/mol. The maximum atomic E-state index is 11.8. The molecule has 0 saturated heterocycles. The number of hydrogen-bond acceptors (Lipinski definition) is 6. The predicted octanol–water partition coefficient (Wildman–Crippen LogP) is 0.801. The fourth-order valence-electron chi connectivity index (χ4n) is 1.76. The topological polar surface area (TPSA) is 93.5 Å². The minimum atomic E-state index is -0.759. The van der Waals surface area contributed by atoms with Gasteiger partial charge in [-0.25, -0.2) is 9.78 Å². The Morgan fingerprint density at radius 3 is 3.10 bits per heavy atom. The smallest absolute Gasteiger partial charge is 0.344 e. The van der Waals surface area contributed by atoms with Crippen molar-refractivity contribution in [3.05, 3.63) is 67.9 Å². The van der Waals surface area contributed by atoms with Gasteiger partial charge in [-0.2, -0.15) is 0 Å². The summed E-state index contributed by atoms with van der Waals surface area (Å²) in [4.78, 5) is 42.1. The lowest BCUT2D eigenvalue weighted by Crippen LogP contribution is -2.19. The molecule has 0 aliphatic heterocycles. The first kappa shape index (κ1) is 13.3. The summed E-state index contributed by atoms with van der Waals surface area (Å²) < 4.78 is 6.41. The number of ether oxygens (including phenoxy) is 1. The molecule has 1 N–H and O–H groups in total. The molecule has 106 valence electrons. The molecule has 0 aromatic carbocycles. The number of carbonyl (C=O) groups excluding carboxylic acids is 1. The van der Waals surface area contributed by atoms with Crippen LogP contribution in [-0.2, 0) is 11.3 Å². The van der Waals surface area contributed by atoms with E-state index in [0.717, 1.165) is 0 Å². The molecule has 3 aromatic rings. The second kappa shape index (κ2) is 5.33. The minimum Gasteiger partial charge on any atom is -0.455 e. The largest absolute Gasteiger partial charge is 0.455 e. The van der Waals surface area contributed by atoms with Crippen LogP contribution in [0.1, 0.15) is 16.1 Å². The normalized spacial score (nSPS) is 10.7. The molecule has 0 fully saturated rings. The lowest BCUT2D eigenvalue weighted by molar-refractivity contribution is 0.0465. The lowest BCUT2D eigenvalue weighted by atomic mass is 10.3. The highest BCUT2D eigenvalue weighted by Gasteiger charge is 2.12. The van der Waals surface area contributed by atoms with Crippen LogP contribution >= 0.6 is 11.3 Å². The van der Waals surface area contributed by atoms with E-state index in [4.69, 9.17) is 4.74 Å². The number of thiazole rings is 1. The summed E-state index contributed by atoms with van der Waals surface area (Å²) in [5.74, 6) is -0.759. The lowest BCUT2D eigenvalue weighted by Gasteiger charge is -2.03. The van der Waals surface area contributed by atoms with E-state index in [1.165, 1.54) is 40.1 Å². The molecule has 0 aliphatic rings. The van der Waals surface area contributed by atoms with Crippen molar-refractivity contribution in [1.29, 1.82) is 0 Å². The SMILES string of the molecule is O=C(OCc1cc(=O)n2ccsc2n1)c1ccc[nH]c1=O. The van der Waals surface area contributed by atoms with Crippen LogP contribution in [0.25, 0.3) is 4.96 Å². The van der Waals surface area contributed by atoms with Gasteiger partial charge in [0.2, 0.25) is 0 Å². The summed E-state index contributed by atoms with van der Waals surface area (Å²) in [7, 11) is 0. The number of nitrogens with one attached hydrogen (secondary N) is 1. The van der Waals surface area contributed by atoms with Gasteiger partial charge in [-0.1, -0.05) is 0 Å². The number of rotatable bonds is 3. The Balaban J connectivity index is 1.80. The van der Waals surface area contributed by atoms with Crippen molar-refractivity contribution >= 4 is 22.3 Å². The van der Waals surface area contributed by atoms with Gasteiger partial charge in [0, 0.05) is 23.8 Å². The maximum absolute atomic E-state index is 11.8. The minimum absolute atomic E-state index is 0.0913. The van der Waals surface area contributed by atoms with Crippen LogP contribution in [0.3, 0.4) is 0 Å². The van der Waals surface area contributed by atoms with Crippen molar-refractivity contribution in [2.24, 2.45) is 0 Å². The van der Waals surface area contributed by atoms with Crippen LogP contribution in [0, 0.1) is 0 Å². The highest BCUT2D eigenvalue weighted by atomic mass is 32.1. The van der Waals surface area contributed by atoms with E-state index < -0.39 is 11.5 Å². The molecule has 0 radical (unpaired) electrons. The molecule has 8 heteroatoms. The number of esters is 1. The van der Waals surface area contributed by atoms with Crippen molar-refractivity contribution in [3.8, 4) is 0 Å². The number of pyridine rings is 1. The number of hydrogen-bond donors (Lipinski definition) is 1. The monoisotopic (exact) mass is 303 g/mol. The molecular formula is C13H9N3O4S. The number of carbonyl (C=O) groups is 1. The summed E-state index contributed by atoms with van der Waals surface area (Å²) >= 11 is 1.31. The van der Waals surface area contributed by atoms with Crippen molar-refractivity contribution in [1.82, 2.24) is 14.4 Å². The van der Waals surface area contributed by atoms with Crippen molar-refractivity contribution in [2.75, 3.05) is 0 Å². The van der Waals surface area contributed by atoms with Crippen molar-refractivity contribution in [3.63, 3.8) is 0 Å². The van der Waals surface area contributed by atoms with Gasteiger partial charge in [0.25, 0.3) is 11.1 Å². The zero-order valence-electron chi connectivity index (χ0n) is 10.6. The molecule has 0 bridgehead atoms. The summed E-state index contributed by atoms with van der Waals surface area (Å²) in [5.41, 5.74) is -0.524. The van der Waals surface area contributed by atoms with Gasteiger partial charge in [-0.05, 0) is 12.1 Å². The molecule has 0 aliphatic carbocycles. The van der Waals surface area contributed by atoms with Crippen molar-refractivity contribution in [2.45, 2.75) is 6.61 Å². The zero-order valence-corrected chi connectivity index (χ0v) is 11.4. The van der Waals surface area contributed by atoms with Crippen LogP contribution < -0.4 is 11.1 Å². The summed E-state index contributed by atoms with van der Waals surface area (Å²) in [6.45, 7) is -0.170. The van der Waals surface area contributed by atoms with Crippen LogP contribution in [0.2, 0.25) is 0 Å². The van der Waals surface area contributed by atoms with E-state index in [0.29, 0.717) is 10.7 Å². The highest BCUT2D eigenvalue weighted by Crippen LogP contribution is 2.07. The van der Waals surface area contributed by atoms with Gasteiger partial charge < -0.3 is 9.72 Å². The Bertz CT molecular complexity index is 925.